The average Bonchev–Trinajstić information content (AvgIpc) is 2.48. The molecule has 0 aliphatic rings. The van der Waals surface area contributed by atoms with Crippen LogP contribution in [0.1, 0.15) is 23.7 Å². The van der Waals surface area contributed by atoms with Gasteiger partial charge in [-0.05, 0) is 18.1 Å². The fraction of sp³-hybridized carbons (Fsp3) is 0.214. The molecule has 0 fully saturated rings. The van der Waals surface area contributed by atoms with E-state index in [9.17, 15) is 0 Å². The molecule has 1 atom stereocenters. The summed E-state index contributed by atoms with van der Waals surface area (Å²) in [6.07, 6.45) is 2.33. The van der Waals surface area contributed by atoms with Crippen molar-refractivity contribution in [3.05, 3.63) is 53.9 Å². The van der Waals surface area contributed by atoms with E-state index in [1.807, 2.05) is 36.4 Å². The van der Waals surface area contributed by atoms with Gasteiger partial charge in [0.05, 0.1) is 0 Å². The number of anilines is 1. The van der Waals surface area contributed by atoms with Gasteiger partial charge in [-0.3, -0.25) is 0 Å². The number of nitrogens with zero attached hydrogens (tertiary/aromatic N) is 3. The number of benzene rings is 1. The Kier molecular flexibility index (Phi) is 4.43. The van der Waals surface area contributed by atoms with Gasteiger partial charge in [-0.25, -0.2) is 9.97 Å². The van der Waals surface area contributed by atoms with Gasteiger partial charge in [0.2, 0.25) is 5.95 Å². The molecule has 5 nitrogen and oxygen atoms in total. The molecule has 3 N–H and O–H groups in total. The Balaban J connectivity index is 1.85. The molecule has 96 valence electrons. The molecule has 0 bridgehead atoms. The van der Waals surface area contributed by atoms with Gasteiger partial charge in [-0.1, -0.05) is 30.3 Å². The molecular formula is C14H15N5. The van der Waals surface area contributed by atoms with Crippen LogP contribution in [0.2, 0.25) is 0 Å². The van der Waals surface area contributed by atoms with Crippen molar-refractivity contribution in [3.8, 4) is 6.07 Å². The maximum absolute atomic E-state index is 8.74. The third kappa shape index (κ3) is 3.76. The minimum Gasteiger partial charge on any atom is -0.354 e. The zero-order chi connectivity index (χ0) is 13.5. The van der Waals surface area contributed by atoms with Crippen molar-refractivity contribution in [3.63, 3.8) is 0 Å². The van der Waals surface area contributed by atoms with Crippen LogP contribution in [-0.4, -0.2) is 16.5 Å². The van der Waals surface area contributed by atoms with Crippen molar-refractivity contribution in [1.82, 2.24) is 9.97 Å². The third-order valence-electron chi connectivity index (χ3n) is 2.74. The lowest BCUT2D eigenvalue weighted by Crippen LogP contribution is -2.16. The van der Waals surface area contributed by atoms with Gasteiger partial charge < -0.3 is 11.1 Å². The van der Waals surface area contributed by atoms with Gasteiger partial charge in [0.25, 0.3) is 0 Å². The molecule has 5 heteroatoms. The highest BCUT2D eigenvalue weighted by atomic mass is 15.1. The minimum absolute atomic E-state index is 0.0205. The van der Waals surface area contributed by atoms with Crippen LogP contribution in [0.15, 0.2) is 42.6 Å². The monoisotopic (exact) mass is 253 g/mol. The van der Waals surface area contributed by atoms with Gasteiger partial charge in [-0.15, -0.1) is 0 Å². The standard InChI is InChI=1S/C14H15N5/c15-10-12-6-8-17-14(19-12)18-9-7-13(16)11-4-2-1-3-5-11/h1-6,8,13H,7,9,16H2,(H,17,18,19). The summed E-state index contributed by atoms with van der Waals surface area (Å²) in [4.78, 5) is 8.08. The van der Waals surface area contributed by atoms with E-state index < -0.39 is 0 Å². The molecule has 0 aliphatic heterocycles. The topological polar surface area (TPSA) is 87.6 Å². The first-order valence-corrected chi connectivity index (χ1v) is 6.07. The number of nitrogens with two attached hydrogens (primary N) is 1. The summed E-state index contributed by atoms with van der Waals surface area (Å²) in [6.45, 7) is 0.658. The second-order valence-electron chi connectivity index (χ2n) is 4.11. The molecular weight excluding hydrogens is 238 g/mol. The number of nitrogens with one attached hydrogen (secondary N) is 1. The van der Waals surface area contributed by atoms with Gasteiger partial charge in [-0.2, -0.15) is 5.26 Å². The molecule has 1 aromatic heterocycles. The molecule has 0 spiro atoms. The molecule has 1 heterocycles. The molecule has 1 unspecified atom stereocenters. The van der Waals surface area contributed by atoms with E-state index in [0.717, 1.165) is 12.0 Å². The maximum Gasteiger partial charge on any atom is 0.223 e. The third-order valence-corrected chi connectivity index (χ3v) is 2.74. The van der Waals surface area contributed by atoms with Crippen LogP contribution in [0.4, 0.5) is 5.95 Å². The summed E-state index contributed by atoms with van der Waals surface area (Å²) in [5.41, 5.74) is 7.54. The fourth-order valence-electron chi connectivity index (χ4n) is 1.71. The predicted molar refractivity (Wildman–Crippen MR) is 73.2 cm³/mol. The van der Waals surface area contributed by atoms with E-state index in [4.69, 9.17) is 11.0 Å². The number of nitriles is 1. The maximum atomic E-state index is 8.74. The van der Waals surface area contributed by atoms with Crippen LogP contribution in [-0.2, 0) is 0 Å². The Morgan fingerprint density at radius 1 is 1.26 bits per heavy atom. The Morgan fingerprint density at radius 2 is 2.05 bits per heavy atom. The second-order valence-corrected chi connectivity index (χ2v) is 4.11. The van der Waals surface area contributed by atoms with Crippen molar-refractivity contribution >= 4 is 5.95 Å². The van der Waals surface area contributed by atoms with Crippen LogP contribution in [0.25, 0.3) is 0 Å². The van der Waals surface area contributed by atoms with E-state index in [-0.39, 0.29) is 6.04 Å². The molecule has 2 rings (SSSR count). The van der Waals surface area contributed by atoms with Crippen molar-refractivity contribution in [1.29, 1.82) is 5.26 Å². The van der Waals surface area contributed by atoms with E-state index in [2.05, 4.69) is 15.3 Å². The molecule has 19 heavy (non-hydrogen) atoms. The number of aromatic nitrogens is 2. The molecule has 0 saturated heterocycles. The van der Waals surface area contributed by atoms with E-state index in [1.165, 1.54) is 0 Å². The first-order valence-electron chi connectivity index (χ1n) is 6.07. The second kappa shape index (κ2) is 6.47. The molecule has 0 saturated carbocycles. The Hall–Kier alpha value is -2.45. The van der Waals surface area contributed by atoms with Crippen molar-refractivity contribution in [2.75, 3.05) is 11.9 Å². The summed E-state index contributed by atoms with van der Waals surface area (Å²) in [5, 5.41) is 11.8. The summed E-state index contributed by atoms with van der Waals surface area (Å²) >= 11 is 0. The molecule has 0 aliphatic carbocycles. The fourth-order valence-corrected chi connectivity index (χ4v) is 1.71. The van der Waals surface area contributed by atoms with Crippen LogP contribution in [0, 0.1) is 11.3 Å². The Labute approximate surface area is 112 Å². The average molecular weight is 253 g/mol. The quantitative estimate of drug-likeness (QED) is 0.849. The lowest BCUT2D eigenvalue weighted by molar-refractivity contribution is 0.673. The van der Waals surface area contributed by atoms with Gasteiger partial charge in [0.1, 0.15) is 11.8 Å². The van der Waals surface area contributed by atoms with Gasteiger partial charge in [0, 0.05) is 18.8 Å². The van der Waals surface area contributed by atoms with E-state index in [0.29, 0.717) is 18.2 Å². The summed E-state index contributed by atoms with van der Waals surface area (Å²) < 4.78 is 0. The van der Waals surface area contributed by atoms with Crippen molar-refractivity contribution in [2.45, 2.75) is 12.5 Å². The smallest absolute Gasteiger partial charge is 0.223 e. The molecule has 2 aromatic rings. The van der Waals surface area contributed by atoms with E-state index >= 15 is 0 Å². The number of hydrogen-bond acceptors (Lipinski definition) is 5. The minimum atomic E-state index is -0.0205. The predicted octanol–water partition coefficient (Wildman–Crippen LogP) is 1.85. The van der Waals surface area contributed by atoms with Crippen LogP contribution < -0.4 is 11.1 Å². The first kappa shape index (κ1) is 13.0. The normalized spacial score (nSPS) is 11.6. The van der Waals surface area contributed by atoms with Gasteiger partial charge >= 0.3 is 0 Å². The highest BCUT2D eigenvalue weighted by Crippen LogP contribution is 2.13. The lowest BCUT2D eigenvalue weighted by atomic mass is 10.1. The number of hydrogen-bond donors (Lipinski definition) is 2. The largest absolute Gasteiger partial charge is 0.354 e. The zero-order valence-electron chi connectivity index (χ0n) is 10.5. The summed E-state index contributed by atoms with van der Waals surface area (Å²) in [6, 6.07) is 13.5. The Bertz CT molecular complexity index is 562. The molecule has 0 amide bonds. The first-order chi connectivity index (χ1) is 9.29. The zero-order valence-corrected chi connectivity index (χ0v) is 10.5. The molecule has 0 radical (unpaired) electrons. The van der Waals surface area contributed by atoms with Gasteiger partial charge in [0.15, 0.2) is 0 Å². The number of rotatable bonds is 5. The SMILES string of the molecule is N#Cc1ccnc(NCCC(N)c2ccccc2)n1. The van der Waals surface area contributed by atoms with Crippen molar-refractivity contribution in [2.24, 2.45) is 5.73 Å². The summed E-state index contributed by atoms with van der Waals surface area (Å²) in [5.74, 6) is 0.458. The van der Waals surface area contributed by atoms with Crippen LogP contribution in [0.3, 0.4) is 0 Å². The molecule has 1 aromatic carbocycles. The Morgan fingerprint density at radius 3 is 2.79 bits per heavy atom. The highest BCUT2D eigenvalue weighted by molar-refractivity contribution is 5.30. The summed E-state index contributed by atoms with van der Waals surface area (Å²) in [7, 11) is 0. The van der Waals surface area contributed by atoms with Crippen molar-refractivity contribution < 1.29 is 0 Å². The lowest BCUT2D eigenvalue weighted by Gasteiger charge is -2.12. The van der Waals surface area contributed by atoms with E-state index in [1.54, 1.807) is 12.3 Å². The highest BCUT2D eigenvalue weighted by Gasteiger charge is 2.05. The van der Waals surface area contributed by atoms with Crippen LogP contribution in [0.5, 0.6) is 0 Å². The van der Waals surface area contributed by atoms with Crippen LogP contribution >= 0.6 is 0 Å².